The summed E-state index contributed by atoms with van der Waals surface area (Å²) in [7, 11) is 2.23. The van der Waals surface area contributed by atoms with Crippen molar-refractivity contribution in [3.05, 3.63) is 0 Å². The molecule has 0 aliphatic rings. The fourth-order valence-electron chi connectivity index (χ4n) is 1.75. The zero-order chi connectivity index (χ0) is 13.5. The molecule has 0 aromatic heterocycles. The minimum Gasteiger partial charge on any atom is -0.304 e. The van der Waals surface area contributed by atoms with Crippen LogP contribution < -0.4 is 0 Å². The van der Waals surface area contributed by atoms with Gasteiger partial charge in [0, 0.05) is 6.04 Å². The van der Waals surface area contributed by atoms with Crippen molar-refractivity contribution in [2.45, 2.75) is 92.0 Å². The lowest BCUT2D eigenvalue weighted by molar-refractivity contribution is 0.267. The molecule has 0 heterocycles. The number of nitrogens with zero attached hydrogens (tertiary/aromatic N) is 1. The maximum absolute atomic E-state index is 2.44. The molecule has 0 bridgehead atoms. The number of rotatable bonds is 10. The highest BCUT2D eigenvalue weighted by Crippen LogP contribution is 2.09. The van der Waals surface area contributed by atoms with Gasteiger partial charge in [0.1, 0.15) is 0 Å². The molecule has 0 atom stereocenters. The first-order chi connectivity index (χ1) is 8.18. The highest BCUT2D eigenvalue weighted by Gasteiger charge is 2.01. The van der Waals surface area contributed by atoms with Gasteiger partial charge in [0.25, 0.3) is 0 Å². The summed E-state index contributed by atoms with van der Waals surface area (Å²) < 4.78 is 0. The second-order valence-corrected chi connectivity index (χ2v) is 5.05. The molecule has 0 aromatic carbocycles. The number of unbranched alkanes of at least 4 members (excludes halogenated alkanes) is 7. The number of hydrogen-bond acceptors (Lipinski definition) is 1. The smallest absolute Gasteiger partial charge is 0.00355 e. The van der Waals surface area contributed by atoms with Crippen molar-refractivity contribution in [2.24, 2.45) is 0 Å². The normalized spacial score (nSPS) is 10.6. The summed E-state index contributed by atoms with van der Waals surface area (Å²) in [5.74, 6) is 0. The van der Waals surface area contributed by atoms with Crippen LogP contribution in [0.5, 0.6) is 0 Å². The molecule has 0 radical (unpaired) electrons. The van der Waals surface area contributed by atoms with E-state index >= 15 is 0 Å². The van der Waals surface area contributed by atoms with Crippen molar-refractivity contribution in [1.82, 2.24) is 4.90 Å². The summed E-state index contributed by atoms with van der Waals surface area (Å²) >= 11 is 0. The zero-order valence-electron chi connectivity index (χ0n) is 13.4. The predicted molar refractivity (Wildman–Crippen MR) is 81.7 cm³/mol. The van der Waals surface area contributed by atoms with E-state index < -0.39 is 0 Å². The maximum Gasteiger partial charge on any atom is 0.00355 e. The third-order valence-electron chi connectivity index (χ3n) is 3.25. The summed E-state index contributed by atoms with van der Waals surface area (Å²) in [5.41, 5.74) is 0. The van der Waals surface area contributed by atoms with Gasteiger partial charge in [-0.2, -0.15) is 0 Å². The minimum absolute atomic E-state index is 0.703. The Kier molecular flexibility index (Phi) is 18.1. The SMILES string of the molecule is CC.CCCCCCCCCCN(C)C(C)C. The third-order valence-corrected chi connectivity index (χ3v) is 3.25. The molecule has 17 heavy (non-hydrogen) atoms. The molecule has 0 rings (SSSR count). The molecular weight excluding hydrogens is 206 g/mol. The van der Waals surface area contributed by atoms with E-state index in [1.165, 1.54) is 57.9 Å². The van der Waals surface area contributed by atoms with Gasteiger partial charge in [0.05, 0.1) is 0 Å². The molecule has 0 fully saturated rings. The molecule has 1 nitrogen and oxygen atoms in total. The fourth-order valence-corrected chi connectivity index (χ4v) is 1.75. The Morgan fingerprint density at radius 2 is 1.18 bits per heavy atom. The zero-order valence-corrected chi connectivity index (χ0v) is 13.4. The first kappa shape index (κ1) is 19.3. The lowest BCUT2D eigenvalue weighted by Gasteiger charge is -2.20. The summed E-state index contributed by atoms with van der Waals surface area (Å²) in [4.78, 5) is 2.44. The average Bonchev–Trinajstić information content (AvgIpc) is 2.34. The highest BCUT2D eigenvalue weighted by atomic mass is 15.1. The van der Waals surface area contributed by atoms with Crippen molar-refractivity contribution >= 4 is 0 Å². The molecule has 0 saturated carbocycles. The van der Waals surface area contributed by atoms with Crippen molar-refractivity contribution in [3.63, 3.8) is 0 Å². The molecule has 0 aliphatic carbocycles. The van der Waals surface area contributed by atoms with Crippen LogP contribution in [0.1, 0.15) is 86.0 Å². The highest BCUT2D eigenvalue weighted by molar-refractivity contribution is 4.56. The molecule has 106 valence electrons. The molecule has 0 amide bonds. The van der Waals surface area contributed by atoms with E-state index in [-0.39, 0.29) is 0 Å². The summed E-state index contributed by atoms with van der Waals surface area (Å²) in [6.45, 7) is 12.1. The molecule has 1 heteroatoms. The van der Waals surface area contributed by atoms with Crippen LogP contribution in [0.4, 0.5) is 0 Å². The first-order valence-corrected chi connectivity index (χ1v) is 7.88. The predicted octanol–water partition coefficient (Wildman–Crippen LogP) is 5.49. The fraction of sp³-hybridized carbons (Fsp3) is 1.00. The molecule has 0 spiro atoms. The Labute approximate surface area is 111 Å². The maximum atomic E-state index is 2.44. The van der Waals surface area contributed by atoms with Gasteiger partial charge in [-0.3, -0.25) is 0 Å². The van der Waals surface area contributed by atoms with Gasteiger partial charge < -0.3 is 4.90 Å². The van der Waals surface area contributed by atoms with Gasteiger partial charge in [-0.1, -0.05) is 65.7 Å². The van der Waals surface area contributed by atoms with Crippen LogP contribution >= 0.6 is 0 Å². The van der Waals surface area contributed by atoms with Crippen molar-refractivity contribution < 1.29 is 0 Å². The van der Waals surface area contributed by atoms with Crippen LogP contribution in [0.2, 0.25) is 0 Å². The monoisotopic (exact) mass is 243 g/mol. The van der Waals surface area contributed by atoms with Crippen molar-refractivity contribution in [2.75, 3.05) is 13.6 Å². The molecule has 0 saturated heterocycles. The van der Waals surface area contributed by atoms with Gasteiger partial charge in [0.2, 0.25) is 0 Å². The second kappa shape index (κ2) is 16.0. The molecule has 0 unspecified atom stereocenters. The van der Waals surface area contributed by atoms with Crippen LogP contribution in [-0.2, 0) is 0 Å². The van der Waals surface area contributed by atoms with E-state index in [2.05, 4.69) is 32.7 Å². The lowest BCUT2D eigenvalue weighted by Crippen LogP contribution is -2.27. The topological polar surface area (TPSA) is 3.24 Å². The van der Waals surface area contributed by atoms with Gasteiger partial charge >= 0.3 is 0 Å². The standard InChI is InChI=1S/C14H31N.C2H6/c1-5-6-7-8-9-10-11-12-13-15(4)14(2)3;1-2/h14H,5-13H2,1-4H3;1-2H3. The van der Waals surface area contributed by atoms with E-state index in [1.54, 1.807) is 0 Å². The van der Waals surface area contributed by atoms with E-state index in [0.717, 1.165) is 0 Å². The van der Waals surface area contributed by atoms with Crippen LogP contribution in [0, 0.1) is 0 Å². The quantitative estimate of drug-likeness (QED) is 0.458. The average molecular weight is 243 g/mol. The Balaban J connectivity index is 0. The van der Waals surface area contributed by atoms with Crippen LogP contribution in [0.15, 0.2) is 0 Å². The Morgan fingerprint density at radius 1 is 0.765 bits per heavy atom. The van der Waals surface area contributed by atoms with E-state index in [0.29, 0.717) is 6.04 Å². The van der Waals surface area contributed by atoms with Crippen molar-refractivity contribution in [1.29, 1.82) is 0 Å². The van der Waals surface area contributed by atoms with Gasteiger partial charge in [-0.05, 0) is 33.9 Å². The minimum atomic E-state index is 0.703. The second-order valence-electron chi connectivity index (χ2n) is 5.05. The van der Waals surface area contributed by atoms with E-state index in [4.69, 9.17) is 0 Å². The summed E-state index contributed by atoms with van der Waals surface area (Å²) in [6, 6.07) is 0.703. The molecule has 0 aliphatic heterocycles. The summed E-state index contributed by atoms with van der Waals surface area (Å²) in [6.07, 6.45) is 11.4. The largest absolute Gasteiger partial charge is 0.304 e. The first-order valence-electron chi connectivity index (χ1n) is 7.88. The number of hydrogen-bond donors (Lipinski definition) is 0. The van der Waals surface area contributed by atoms with E-state index in [1.807, 2.05) is 13.8 Å². The van der Waals surface area contributed by atoms with E-state index in [9.17, 15) is 0 Å². The Morgan fingerprint density at radius 3 is 1.59 bits per heavy atom. The van der Waals surface area contributed by atoms with Gasteiger partial charge in [0.15, 0.2) is 0 Å². The Hall–Kier alpha value is -0.0400. The molecule has 0 N–H and O–H groups in total. The van der Waals surface area contributed by atoms with Crippen molar-refractivity contribution in [3.8, 4) is 0 Å². The van der Waals surface area contributed by atoms with Gasteiger partial charge in [-0.25, -0.2) is 0 Å². The Bertz CT molecular complexity index is 121. The van der Waals surface area contributed by atoms with Crippen LogP contribution in [0.3, 0.4) is 0 Å². The van der Waals surface area contributed by atoms with Gasteiger partial charge in [-0.15, -0.1) is 0 Å². The molecular formula is C16H37N. The molecule has 0 aromatic rings. The summed E-state index contributed by atoms with van der Waals surface area (Å²) in [5, 5.41) is 0. The van der Waals surface area contributed by atoms with Crippen LogP contribution in [-0.4, -0.2) is 24.5 Å². The third kappa shape index (κ3) is 16.0. The lowest BCUT2D eigenvalue weighted by atomic mass is 10.1. The van der Waals surface area contributed by atoms with Crippen LogP contribution in [0.25, 0.3) is 0 Å².